The fourth-order valence-electron chi connectivity index (χ4n) is 4.45. The zero-order valence-corrected chi connectivity index (χ0v) is 21.5. The van der Waals surface area contributed by atoms with E-state index in [1.807, 2.05) is 0 Å². The van der Waals surface area contributed by atoms with Gasteiger partial charge in [-0.05, 0) is 62.8 Å². The van der Waals surface area contributed by atoms with E-state index in [4.69, 9.17) is 9.17 Å². The van der Waals surface area contributed by atoms with Gasteiger partial charge in [0, 0.05) is 31.7 Å². The van der Waals surface area contributed by atoms with Crippen LogP contribution in [0.1, 0.15) is 44.1 Å². The summed E-state index contributed by atoms with van der Waals surface area (Å²) in [6, 6.07) is 14.9. The van der Waals surface area contributed by atoms with Gasteiger partial charge >= 0.3 is 10.1 Å². The summed E-state index contributed by atoms with van der Waals surface area (Å²) < 4.78 is 30.8. The highest BCUT2D eigenvalue weighted by Gasteiger charge is 2.21. The normalized spacial score (nSPS) is 16.6. The molecule has 0 spiro atoms. The molecule has 0 amide bonds. The molecule has 194 valence electrons. The number of hydrogen-bond acceptors (Lipinski definition) is 10. The summed E-state index contributed by atoms with van der Waals surface area (Å²) in [4.78, 5) is 18.5. The molecule has 10 nitrogen and oxygen atoms in total. The van der Waals surface area contributed by atoms with E-state index in [2.05, 4.69) is 30.3 Å². The Labute approximate surface area is 217 Å². The number of hydrazone groups is 1. The predicted octanol–water partition coefficient (Wildman–Crippen LogP) is 4.07. The molecular formula is C26H31N7O3S. The topological polar surface area (TPSA) is 113 Å². The molecular weight excluding hydrogens is 490 g/mol. The van der Waals surface area contributed by atoms with Crippen molar-refractivity contribution >= 4 is 34.2 Å². The van der Waals surface area contributed by atoms with Crippen molar-refractivity contribution in [1.29, 1.82) is 0 Å². The van der Waals surface area contributed by atoms with Gasteiger partial charge in [0.25, 0.3) is 0 Å². The second-order valence-corrected chi connectivity index (χ2v) is 10.7. The summed E-state index contributed by atoms with van der Waals surface area (Å²) in [7, 11) is -3.98. The number of aromatic nitrogens is 3. The number of rotatable bonds is 8. The quantitative estimate of drug-likeness (QED) is 0.266. The molecule has 5 rings (SSSR count). The Morgan fingerprint density at radius 2 is 1.32 bits per heavy atom. The van der Waals surface area contributed by atoms with Crippen LogP contribution in [0, 0.1) is 0 Å². The first kappa shape index (κ1) is 24.9. The monoisotopic (exact) mass is 521 g/mol. The number of benzene rings is 2. The van der Waals surface area contributed by atoms with Gasteiger partial charge in [0.1, 0.15) is 4.90 Å². The number of piperidine rings is 2. The van der Waals surface area contributed by atoms with Crippen molar-refractivity contribution in [2.45, 2.75) is 43.4 Å². The summed E-state index contributed by atoms with van der Waals surface area (Å²) in [5.74, 6) is 1.84. The Bertz CT molecular complexity index is 1290. The first-order chi connectivity index (χ1) is 18.1. The van der Waals surface area contributed by atoms with E-state index < -0.39 is 10.1 Å². The molecule has 37 heavy (non-hydrogen) atoms. The van der Waals surface area contributed by atoms with Crippen molar-refractivity contribution in [1.82, 2.24) is 15.0 Å². The van der Waals surface area contributed by atoms with Crippen LogP contribution in [0.3, 0.4) is 0 Å². The molecule has 0 radical (unpaired) electrons. The lowest BCUT2D eigenvalue weighted by Gasteiger charge is -2.30. The predicted molar refractivity (Wildman–Crippen MR) is 144 cm³/mol. The minimum absolute atomic E-state index is 0.0838. The third kappa shape index (κ3) is 6.34. The highest BCUT2D eigenvalue weighted by Crippen LogP contribution is 2.24. The van der Waals surface area contributed by atoms with Crippen LogP contribution in [0.15, 0.2) is 64.6 Å². The van der Waals surface area contributed by atoms with Gasteiger partial charge in [-0.25, -0.2) is 5.43 Å². The molecule has 0 bridgehead atoms. The Kier molecular flexibility index (Phi) is 7.79. The van der Waals surface area contributed by atoms with Gasteiger partial charge in [0.15, 0.2) is 5.75 Å². The Morgan fingerprint density at radius 1 is 0.757 bits per heavy atom. The van der Waals surface area contributed by atoms with E-state index in [0.717, 1.165) is 51.9 Å². The first-order valence-electron chi connectivity index (χ1n) is 12.7. The molecule has 2 saturated heterocycles. The van der Waals surface area contributed by atoms with E-state index in [1.54, 1.807) is 42.5 Å². The van der Waals surface area contributed by atoms with Gasteiger partial charge in [-0.15, -0.1) is 0 Å². The second kappa shape index (κ2) is 11.5. The lowest BCUT2D eigenvalue weighted by atomic mass is 10.1. The van der Waals surface area contributed by atoms with Crippen LogP contribution in [-0.4, -0.2) is 55.8 Å². The van der Waals surface area contributed by atoms with Gasteiger partial charge in [-0.2, -0.15) is 28.5 Å². The summed E-state index contributed by atoms with van der Waals surface area (Å²) in [5.41, 5.74) is 3.42. The molecule has 2 aliphatic rings. The average Bonchev–Trinajstić information content (AvgIpc) is 2.95. The van der Waals surface area contributed by atoms with Gasteiger partial charge in [0.05, 0.1) is 6.21 Å². The summed E-state index contributed by atoms with van der Waals surface area (Å²) >= 11 is 0. The van der Waals surface area contributed by atoms with Crippen molar-refractivity contribution in [3.63, 3.8) is 0 Å². The number of nitrogens with one attached hydrogen (secondary N) is 1. The van der Waals surface area contributed by atoms with Gasteiger partial charge in [-0.3, -0.25) is 0 Å². The lowest BCUT2D eigenvalue weighted by molar-refractivity contribution is 0.485. The minimum atomic E-state index is -3.98. The van der Waals surface area contributed by atoms with Crippen LogP contribution in [0.2, 0.25) is 0 Å². The third-order valence-electron chi connectivity index (χ3n) is 6.41. The molecule has 1 N–H and O–H groups in total. The number of para-hydroxylation sites is 1. The molecule has 11 heteroatoms. The minimum Gasteiger partial charge on any atom is -0.378 e. The van der Waals surface area contributed by atoms with Crippen LogP contribution >= 0.6 is 0 Å². The zero-order chi connectivity index (χ0) is 25.5. The van der Waals surface area contributed by atoms with Crippen LogP contribution in [-0.2, 0) is 10.1 Å². The molecule has 1 aromatic heterocycles. The molecule has 2 fully saturated rings. The van der Waals surface area contributed by atoms with E-state index in [9.17, 15) is 8.42 Å². The second-order valence-electron chi connectivity index (χ2n) is 9.11. The zero-order valence-electron chi connectivity index (χ0n) is 20.7. The Hall–Kier alpha value is -3.73. The molecule has 0 aliphatic carbocycles. The lowest BCUT2D eigenvalue weighted by Crippen LogP contribution is -2.34. The van der Waals surface area contributed by atoms with Crippen molar-refractivity contribution < 1.29 is 12.6 Å². The van der Waals surface area contributed by atoms with Crippen molar-refractivity contribution in [2.24, 2.45) is 5.10 Å². The number of hydrogen-bond donors (Lipinski definition) is 1. The number of nitrogens with zero attached hydrogens (tertiary/aromatic N) is 6. The molecule has 0 saturated carbocycles. The van der Waals surface area contributed by atoms with E-state index in [-0.39, 0.29) is 10.6 Å². The van der Waals surface area contributed by atoms with Crippen LogP contribution in [0.4, 0.5) is 17.8 Å². The third-order valence-corrected chi connectivity index (χ3v) is 7.66. The molecule has 0 unspecified atom stereocenters. The largest absolute Gasteiger partial charge is 0.378 e. The van der Waals surface area contributed by atoms with Gasteiger partial charge < -0.3 is 14.0 Å². The Morgan fingerprint density at radius 3 is 1.95 bits per heavy atom. The highest BCUT2D eigenvalue weighted by atomic mass is 32.2. The highest BCUT2D eigenvalue weighted by molar-refractivity contribution is 7.87. The average molecular weight is 522 g/mol. The maximum Gasteiger partial charge on any atom is 0.339 e. The van der Waals surface area contributed by atoms with Crippen LogP contribution in [0.25, 0.3) is 0 Å². The summed E-state index contributed by atoms with van der Waals surface area (Å²) in [5, 5.41) is 4.31. The molecule has 2 aliphatic heterocycles. The fourth-order valence-corrected chi connectivity index (χ4v) is 5.43. The molecule has 2 aromatic carbocycles. The first-order valence-corrected chi connectivity index (χ1v) is 14.1. The van der Waals surface area contributed by atoms with Crippen molar-refractivity contribution in [2.75, 3.05) is 41.4 Å². The van der Waals surface area contributed by atoms with E-state index in [1.165, 1.54) is 31.2 Å². The van der Waals surface area contributed by atoms with Gasteiger partial charge in [0.2, 0.25) is 17.8 Å². The maximum absolute atomic E-state index is 12.7. The van der Waals surface area contributed by atoms with Crippen molar-refractivity contribution in [3.05, 3.63) is 60.2 Å². The Balaban J connectivity index is 1.36. The van der Waals surface area contributed by atoms with E-state index in [0.29, 0.717) is 23.4 Å². The van der Waals surface area contributed by atoms with Crippen LogP contribution < -0.4 is 19.4 Å². The molecule has 3 heterocycles. The molecule has 3 aromatic rings. The SMILES string of the molecule is O=S(=O)(Oc1ccccc1/C=N\Nc1nc(N2CCCCC2)nc(N2CCCCC2)n1)c1ccccc1. The summed E-state index contributed by atoms with van der Waals surface area (Å²) in [6.45, 7) is 3.69. The smallest absolute Gasteiger partial charge is 0.339 e. The number of anilines is 3. The fraction of sp³-hybridized carbons (Fsp3) is 0.385. The van der Waals surface area contributed by atoms with Crippen molar-refractivity contribution in [3.8, 4) is 5.75 Å². The maximum atomic E-state index is 12.7. The van der Waals surface area contributed by atoms with Gasteiger partial charge in [-0.1, -0.05) is 30.3 Å². The summed E-state index contributed by atoms with van der Waals surface area (Å²) in [6.07, 6.45) is 8.42. The van der Waals surface area contributed by atoms with E-state index >= 15 is 0 Å². The van der Waals surface area contributed by atoms with Crippen LogP contribution in [0.5, 0.6) is 5.75 Å². The molecule has 0 atom stereocenters. The standard InChI is InChI=1S/C26H31N7O3S/c34-37(35,22-13-4-1-5-14-22)36-23-15-7-6-12-21(23)20-27-31-24-28-25(32-16-8-2-9-17-32)30-26(29-24)33-18-10-3-11-19-33/h1,4-7,12-15,20H,2-3,8-11,16-19H2,(H,28,29,30,31)/b27-20-.